The number of rotatable bonds is 4. The monoisotopic (exact) mass is 272 g/mol. The fourth-order valence-corrected chi connectivity index (χ4v) is 5.69. The van der Waals surface area contributed by atoms with Gasteiger partial charge < -0.3 is 5.32 Å². The second-order valence-corrected chi connectivity index (χ2v) is 8.11. The number of hydrogen-bond acceptors (Lipinski definition) is 3. The van der Waals surface area contributed by atoms with Crippen LogP contribution in [0.15, 0.2) is 0 Å². The topological polar surface area (TPSA) is 49.4 Å². The van der Waals surface area contributed by atoms with Gasteiger partial charge in [0, 0.05) is 12.6 Å². The molecule has 1 aliphatic carbocycles. The molecule has 18 heavy (non-hydrogen) atoms. The van der Waals surface area contributed by atoms with Crippen molar-refractivity contribution < 1.29 is 8.42 Å². The van der Waals surface area contributed by atoms with E-state index in [9.17, 15) is 8.42 Å². The Labute approximate surface area is 110 Å². The molecule has 1 N–H and O–H groups in total. The highest BCUT2D eigenvalue weighted by molar-refractivity contribution is 7.89. The van der Waals surface area contributed by atoms with E-state index in [1.54, 1.807) is 0 Å². The van der Waals surface area contributed by atoms with Gasteiger partial charge in [0.1, 0.15) is 0 Å². The van der Waals surface area contributed by atoms with Crippen molar-refractivity contribution in [1.82, 2.24) is 9.62 Å². The van der Waals surface area contributed by atoms with Crippen LogP contribution in [0.4, 0.5) is 0 Å². The zero-order chi connectivity index (χ0) is 12.6. The van der Waals surface area contributed by atoms with Crippen molar-refractivity contribution in [3.63, 3.8) is 0 Å². The fourth-order valence-electron chi connectivity index (χ4n) is 3.47. The summed E-state index contributed by atoms with van der Waals surface area (Å²) in [6, 6.07) is 0.279. The summed E-state index contributed by atoms with van der Waals surface area (Å²) >= 11 is 0. The molecule has 2 unspecified atom stereocenters. The van der Waals surface area contributed by atoms with Crippen LogP contribution in [0.1, 0.15) is 38.5 Å². The highest BCUT2D eigenvalue weighted by Crippen LogP contribution is 2.35. The molecular formula is C13H24N2O2S. The van der Waals surface area contributed by atoms with E-state index in [2.05, 4.69) is 5.32 Å². The minimum absolute atomic E-state index is 0.279. The van der Waals surface area contributed by atoms with Crippen molar-refractivity contribution in [2.75, 3.05) is 25.4 Å². The van der Waals surface area contributed by atoms with E-state index < -0.39 is 10.0 Å². The average molecular weight is 272 g/mol. The Morgan fingerprint density at radius 2 is 1.94 bits per heavy atom. The van der Waals surface area contributed by atoms with E-state index in [-0.39, 0.29) is 6.04 Å². The molecule has 2 saturated heterocycles. The standard InChI is InChI=1S/C13H24N2O2S/c16-18(17,10-11-5-6-11)15-8-2-4-13(15)12-3-1-7-14-9-12/h11-14H,1-10H2. The van der Waals surface area contributed by atoms with Gasteiger partial charge in [0.2, 0.25) is 10.0 Å². The minimum Gasteiger partial charge on any atom is -0.316 e. The first-order valence-electron chi connectivity index (χ1n) is 7.37. The molecule has 0 spiro atoms. The Balaban J connectivity index is 1.69. The molecular weight excluding hydrogens is 248 g/mol. The van der Waals surface area contributed by atoms with Crippen LogP contribution in [-0.2, 0) is 10.0 Å². The summed E-state index contributed by atoms with van der Waals surface area (Å²) in [7, 11) is -2.99. The summed E-state index contributed by atoms with van der Waals surface area (Å²) in [5.74, 6) is 1.40. The van der Waals surface area contributed by atoms with Crippen LogP contribution >= 0.6 is 0 Å². The second kappa shape index (κ2) is 5.10. The van der Waals surface area contributed by atoms with Gasteiger partial charge in [0.15, 0.2) is 0 Å². The molecule has 2 atom stereocenters. The number of nitrogens with one attached hydrogen (secondary N) is 1. The van der Waals surface area contributed by atoms with Crippen molar-refractivity contribution >= 4 is 10.0 Å². The molecule has 0 aromatic carbocycles. The van der Waals surface area contributed by atoms with Gasteiger partial charge in [-0.3, -0.25) is 0 Å². The molecule has 3 rings (SSSR count). The van der Waals surface area contributed by atoms with Crippen LogP contribution < -0.4 is 5.32 Å². The van der Waals surface area contributed by atoms with E-state index >= 15 is 0 Å². The van der Waals surface area contributed by atoms with Crippen LogP contribution in [0.5, 0.6) is 0 Å². The van der Waals surface area contributed by atoms with E-state index in [4.69, 9.17) is 0 Å². The van der Waals surface area contributed by atoms with Crippen molar-refractivity contribution in [1.29, 1.82) is 0 Å². The first-order chi connectivity index (χ1) is 8.67. The predicted molar refractivity (Wildman–Crippen MR) is 71.8 cm³/mol. The molecule has 4 nitrogen and oxygen atoms in total. The lowest BCUT2D eigenvalue weighted by atomic mass is 9.91. The zero-order valence-electron chi connectivity index (χ0n) is 11.0. The van der Waals surface area contributed by atoms with Gasteiger partial charge in [0.05, 0.1) is 5.75 Å². The van der Waals surface area contributed by atoms with Crippen LogP contribution in [0.25, 0.3) is 0 Å². The summed E-state index contributed by atoms with van der Waals surface area (Å²) < 4.78 is 26.7. The first kappa shape index (κ1) is 12.9. The molecule has 3 aliphatic rings. The molecule has 104 valence electrons. The smallest absolute Gasteiger partial charge is 0.214 e. The molecule has 0 aromatic heterocycles. The Kier molecular flexibility index (Phi) is 3.65. The lowest BCUT2D eigenvalue weighted by Crippen LogP contribution is -2.46. The normalized spacial score (nSPS) is 34.9. The van der Waals surface area contributed by atoms with Crippen LogP contribution in [-0.4, -0.2) is 44.2 Å². The lowest BCUT2D eigenvalue weighted by Gasteiger charge is -2.33. The summed E-state index contributed by atoms with van der Waals surface area (Å²) in [6.07, 6.45) is 6.72. The summed E-state index contributed by atoms with van der Waals surface area (Å²) in [6.45, 7) is 2.86. The van der Waals surface area contributed by atoms with E-state index in [0.29, 0.717) is 17.6 Å². The Morgan fingerprint density at radius 3 is 2.61 bits per heavy atom. The molecule has 0 radical (unpaired) electrons. The molecule has 1 saturated carbocycles. The summed E-state index contributed by atoms with van der Waals surface area (Å²) in [4.78, 5) is 0. The van der Waals surface area contributed by atoms with Gasteiger partial charge in [-0.05, 0) is 63.5 Å². The van der Waals surface area contributed by atoms with E-state index in [1.165, 1.54) is 12.8 Å². The van der Waals surface area contributed by atoms with Gasteiger partial charge in [0.25, 0.3) is 0 Å². The summed E-state index contributed by atoms with van der Waals surface area (Å²) in [5, 5.41) is 3.42. The maximum absolute atomic E-state index is 12.4. The SMILES string of the molecule is O=S(=O)(CC1CC1)N1CCCC1C1CCCNC1. The predicted octanol–water partition coefficient (Wildman–Crippen LogP) is 1.19. The second-order valence-electron chi connectivity index (χ2n) is 6.15. The number of piperidine rings is 1. The molecule has 3 fully saturated rings. The van der Waals surface area contributed by atoms with E-state index in [1.807, 2.05) is 4.31 Å². The van der Waals surface area contributed by atoms with Gasteiger partial charge in [-0.25, -0.2) is 8.42 Å². The Bertz CT molecular complexity index is 386. The van der Waals surface area contributed by atoms with Crippen molar-refractivity contribution in [3.05, 3.63) is 0 Å². The highest BCUT2D eigenvalue weighted by Gasteiger charge is 2.41. The van der Waals surface area contributed by atoms with Gasteiger partial charge in [-0.2, -0.15) is 4.31 Å². The van der Waals surface area contributed by atoms with Crippen LogP contribution in [0, 0.1) is 11.8 Å². The first-order valence-corrected chi connectivity index (χ1v) is 8.98. The fraction of sp³-hybridized carbons (Fsp3) is 1.00. The lowest BCUT2D eigenvalue weighted by molar-refractivity contribution is 0.239. The molecule has 0 bridgehead atoms. The van der Waals surface area contributed by atoms with Gasteiger partial charge in [-0.15, -0.1) is 0 Å². The van der Waals surface area contributed by atoms with Crippen LogP contribution in [0.2, 0.25) is 0 Å². The highest BCUT2D eigenvalue weighted by atomic mass is 32.2. The molecule has 0 amide bonds. The number of hydrogen-bond donors (Lipinski definition) is 1. The van der Waals surface area contributed by atoms with Crippen molar-refractivity contribution in [2.45, 2.75) is 44.6 Å². The number of sulfonamides is 1. The largest absolute Gasteiger partial charge is 0.316 e. The Hall–Kier alpha value is -0.130. The third kappa shape index (κ3) is 2.73. The Morgan fingerprint density at radius 1 is 1.11 bits per heavy atom. The zero-order valence-corrected chi connectivity index (χ0v) is 11.8. The van der Waals surface area contributed by atoms with Crippen LogP contribution in [0.3, 0.4) is 0 Å². The van der Waals surface area contributed by atoms with Gasteiger partial charge in [-0.1, -0.05) is 0 Å². The van der Waals surface area contributed by atoms with Crippen molar-refractivity contribution in [2.24, 2.45) is 11.8 Å². The molecule has 2 heterocycles. The van der Waals surface area contributed by atoms with Crippen molar-refractivity contribution in [3.8, 4) is 0 Å². The third-order valence-corrected chi connectivity index (χ3v) is 6.69. The summed E-state index contributed by atoms with van der Waals surface area (Å²) in [5.41, 5.74) is 0. The maximum Gasteiger partial charge on any atom is 0.214 e. The minimum atomic E-state index is -2.99. The van der Waals surface area contributed by atoms with E-state index in [0.717, 1.165) is 45.3 Å². The van der Waals surface area contributed by atoms with Gasteiger partial charge >= 0.3 is 0 Å². The third-order valence-electron chi connectivity index (χ3n) is 4.63. The molecule has 0 aromatic rings. The quantitative estimate of drug-likeness (QED) is 0.836. The molecule has 2 aliphatic heterocycles. The maximum atomic E-state index is 12.4. The molecule has 5 heteroatoms. The number of nitrogens with zero attached hydrogens (tertiary/aromatic N) is 1. The average Bonchev–Trinajstić information content (AvgIpc) is 3.01.